The molecule has 1 aromatic rings. The molecule has 2 unspecified atom stereocenters. The molecule has 1 saturated heterocycles. The quantitative estimate of drug-likeness (QED) is 0.184. The molecule has 14 heteroatoms. The van der Waals surface area contributed by atoms with E-state index in [1.54, 1.807) is 11.5 Å². The normalized spacial score (nSPS) is 19.5. The van der Waals surface area contributed by atoms with E-state index in [0.29, 0.717) is 17.4 Å². The van der Waals surface area contributed by atoms with Gasteiger partial charge in [0.1, 0.15) is 36.5 Å². The summed E-state index contributed by atoms with van der Waals surface area (Å²) in [4.78, 5) is 62.1. The van der Waals surface area contributed by atoms with Crippen molar-refractivity contribution in [3.05, 3.63) is 22.8 Å². The van der Waals surface area contributed by atoms with Crippen molar-refractivity contribution < 1.29 is 28.8 Å². The van der Waals surface area contributed by atoms with Gasteiger partial charge >= 0.3 is 5.97 Å². The third-order valence-electron chi connectivity index (χ3n) is 5.30. The van der Waals surface area contributed by atoms with Gasteiger partial charge in [-0.1, -0.05) is 19.0 Å². The summed E-state index contributed by atoms with van der Waals surface area (Å²) in [5.74, 6) is -1.45. The minimum atomic E-state index is -0.852. The zero-order valence-corrected chi connectivity index (χ0v) is 21.5. The van der Waals surface area contributed by atoms with E-state index in [0.717, 1.165) is 24.4 Å². The molecule has 2 N–H and O–H groups in total. The fourth-order valence-electron chi connectivity index (χ4n) is 3.51. The van der Waals surface area contributed by atoms with Crippen LogP contribution in [0.3, 0.4) is 0 Å². The number of thiazole rings is 1. The fraction of sp³-hybridized carbons (Fsp3) is 0.524. The number of nitrogens with zero attached hydrogens (tertiary/aromatic N) is 4. The number of fused-ring (bicyclic) bond motifs is 1. The molecule has 3 amide bonds. The average Bonchev–Trinajstić information content (AvgIpc) is 3.29. The molecule has 1 fully saturated rings. The van der Waals surface area contributed by atoms with Gasteiger partial charge in [-0.25, -0.2) is 9.78 Å². The van der Waals surface area contributed by atoms with Crippen molar-refractivity contribution in [3.8, 4) is 0 Å². The largest absolute Gasteiger partial charge is 0.460 e. The summed E-state index contributed by atoms with van der Waals surface area (Å²) in [5, 5.41) is 10.3. The van der Waals surface area contributed by atoms with E-state index in [2.05, 4.69) is 25.7 Å². The van der Waals surface area contributed by atoms with Crippen molar-refractivity contribution in [1.82, 2.24) is 20.1 Å². The van der Waals surface area contributed by atoms with Gasteiger partial charge in [0.2, 0.25) is 5.91 Å². The van der Waals surface area contributed by atoms with Crippen LogP contribution in [0.5, 0.6) is 0 Å². The first-order valence-corrected chi connectivity index (χ1v) is 12.9. The van der Waals surface area contributed by atoms with Crippen molar-refractivity contribution in [2.75, 3.05) is 44.4 Å². The summed E-state index contributed by atoms with van der Waals surface area (Å²) in [6.07, 6.45) is 1.66. The molecular weight excluding hydrogens is 496 g/mol. The number of carbonyl (C=O) groups is 4. The summed E-state index contributed by atoms with van der Waals surface area (Å²) in [6, 6.07) is -0.852. The van der Waals surface area contributed by atoms with Crippen molar-refractivity contribution in [1.29, 1.82) is 0 Å². The highest BCUT2D eigenvalue weighted by atomic mass is 32.2. The van der Waals surface area contributed by atoms with Gasteiger partial charge in [-0.2, -0.15) is 0 Å². The van der Waals surface area contributed by atoms with Crippen LogP contribution in [0.15, 0.2) is 22.3 Å². The molecule has 2 atom stereocenters. The summed E-state index contributed by atoms with van der Waals surface area (Å²) in [5.41, 5.74) is 0.239. The van der Waals surface area contributed by atoms with Gasteiger partial charge < -0.3 is 25.1 Å². The van der Waals surface area contributed by atoms with Crippen LogP contribution < -0.4 is 10.6 Å². The number of ether oxygens (including phenoxy) is 1. The number of thioether (sulfide) groups is 1. The Balaban J connectivity index is 1.63. The maximum atomic E-state index is 12.9. The molecule has 0 bridgehead atoms. The molecule has 0 spiro atoms. The van der Waals surface area contributed by atoms with E-state index in [1.807, 2.05) is 13.8 Å². The molecule has 0 saturated carbocycles. The van der Waals surface area contributed by atoms with E-state index in [-0.39, 0.29) is 29.6 Å². The van der Waals surface area contributed by atoms with E-state index in [9.17, 15) is 19.2 Å². The van der Waals surface area contributed by atoms with Crippen LogP contribution in [0.25, 0.3) is 0 Å². The van der Waals surface area contributed by atoms with Gasteiger partial charge in [-0.3, -0.25) is 19.3 Å². The van der Waals surface area contributed by atoms with Crippen LogP contribution in [-0.2, 0) is 28.8 Å². The maximum absolute atomic E-state index is 12.9. The first-order valence-electron chi connectivity index (χ1n) is 11.0. The number of rotatable bonds is 11. The molecule has 3 heterocycles. The highest BCUT2D eigenvalue weighted by molar-refractivity contribution is 8.00. The molecule has 190 valence electrons. The standard InChI is InChI=1S/C21H28N6O6S2/c1-5-26(6-2)8-9-33-20(31)14-7-10-34-19-16(18(30)27(14)19)24-17(29)15(25-32-4)13-11-35-21(23-13)22-12(3)28/h7,11,16,19H,5-6,8-10H2,1-4H3,(H,24,29)(H,22,23,28)/b25-15+. The Morgan fingerprint density at radius 1 is 1.31 bits per heavy atom. The number of amides is 3. The second kappa shape index (κ2) is 12.1. The Morgan fingerprint density at radius 3 is 2.71 bits per heavy atom. The van der Waals surface area contributed by atoms with E-state index >= 15 is 0 Å². The SMILES string of the molecule is CCN(CC)CCOC(=O)C1=CCSC2C(NC(=O)/C(=N/OC)c3csc(NC(C)=O)n3)C(=O)N12. The molecule has 1 aromatic heterocycles. The van der Waals surface area contributed by atoms with E-state index in [4.69, 9.17) is 9.57 Å². The predicted octanol–water partition coefficient (Wildman–Crippen LogP) is 0.621. The molecule has 3 rings (SSSR count). The fourth-order valence-corrected chi connectivity index (χ4v) is 5.44. The molecule has 2 aliphatic rings. The number of nitrogens with one attached hydrogen (secondary N) is 2. The monoisotopic (exact) mass is 524 g/mol. The van der Waals surface area contributed by atoms with Crippen LogP contribution >= 0.6 is 23.1 Å². The molecular formula is C21H28N6O6S2. The lowest BCUT2D eigenvalue weighted by Gasteiger charge is -2.48. The van der Waals surface area contributed by atoms with Crippen molar-refractivity contribution in [3.63, 3.8) is 0 Å². The number of oxime groups is 1. The zero-order chi connectivity index (χ0) is 25.5. The second-order valence-corrected chi connectivity index (χ2v) is 9.48. The lowest BCUT2D eigenvalue weighted by Crippen LogP contribution is -2.70. The zero-order valence-electron chi connectivity index (χ0n) is 19.9. The molecule has 12 nitrogen and oxygen atoms in total. The van der Waals surface area contributed by atoms with E-state index < -0.39 is 29.2 Å². The molecule has 2 aliphatic heterocycles. The topological polar surface area (TPSA) is 143 Å². The Labute approximate surface area is 211 Å². The first kappa shape index (κ1) is 26.6. The number of β-lactam (4-membered cyclic amide) rings is 1. The van der Waals surface area contributed by atoms with Crippen molar-refractivity contribution in [2.24, 2.45) is 5.16 Å². The molecule has 0 aliphatic carbocycles. The third-order valence-corrected chi connectivity index (χ3v) is 7.25. The van der Waals surface area contributed by atoms with Gasteiger partial charge in [-0.15, -0.1) is 23.1 Å². The highest BCUT2D eigenvalue weighted by Gasteiger charge is 2.53. The minimum Gasteiger partial charge on any atom is -0.460 e. The lowest BCUT2D eigenvalue weighted by molar-refractivity contribution is -0.152. The first-order chi connectivity index (χ1) is 16.8. The minimum absolute atomic E-state index is 0.140. The van der Waals surface area contributed by atoms with Gasteiger partial charge in [-0.05, 0) is 19.2 Å². The Hall–Kier alpha value is -2.97. The van der Waals surface area contributed by atoms with Crippen LogP contribution in [0.1, 0.15) is 26.5 Å². The number of carbonyl (C=O) groups excluding carboxylic acids is 4. The Morgan fingerprint density at radius 2 is 2.06 bits per heavy atom. The molecule has 0 aromatic carbocycles. The van der Waals surface area contributed by atoms with Gasteiger partial charge in [0.15, 0.2) is 10.8 Å². The number of hydrogen-bond donors (Lipinski definition) is 2. The molecule has 0 radical (unpaired) electrons. The Bertz CT molecular complexity index is 1040. The van der Waals surface area contributed by atoms with Gasteiger partial charge in [0.05, 0.1) is 0 Å². The van der Waals surface area contributed by atoms with Gasteiger partial charge in [0, 0.05) is 24.6 Å². The maximum Gasteiger partial charge on any atom is 0.354 e. The Kier molecular flexibility index (Phi) is 9.23. The number of esters is 1. The smallest absolute Gasteiger partial charge is 0.354 e. The summed E-state index contributed by atoms with van der Waals surface area (Å²) in [7, 11) is 1.28. The van der Waals surface area contributed by atoms with Crippen LogP contribution in [0.2, 0.25) is 0 Å². The summed E-state index contributed by atoms with van der Waals surface area (Å²) in [6.45, 7) is 7.95. The van der Waals surface area contributed by atoms with Crippen molar-refractivity contribution in [2.45, 2.75) is 32.2 Å². The number of hydrogen-bond acceptors (Lipinski definition) is 11. The van der Waals surface area contributed by atoms with E-state index in [1.165, 1.54) is 30.7 Å². The predicted molar refractivity (Wildman–Crippen MR) is 132 cm³/mol. The van der Waals surface area contributed by atoms with Crippen LogP contribution in [0.4, 0.5) is 5.13 Å². The van der Waals surface area contributed by atoms with Crippen LogP contribution in [-0.4, -0.2) is 94.7 Å². The molecule has 35 heavy (non-hydrogen) atoms. The third kappa shape index (κ3) is 6.18. The van der Waals surface area contributed by atoms with Crippen molar-refractivity contribution >= 4 is 57.6 Å². The second-order valence-electron chi connectivity index (χ2n) is 7.48. The summed E-state index contributed by atoms with van der Waals surface area (Å²) < 4.78 is 5.38. The average molecular weight is 525 g/mol. The number of anilines is 1. The lowest BCUT2D eigenvalue weighted by atomic mass is 10.0. The van der Waals surface area contributed by atoms with Crippen LogP contribution in [0, 0.1) is 0 Å². The van der Waals surface area contributed by atoms with Gasteiger partial charge in [0.25, 0.3) is 11.8 Å². The summed E-state index contributed by atoms with van der Waals surface area (Å²) >= 11 is 2.54. The highest BCUT2D eigenvalue weighted by Crippen LogP contribution is 2.37. The number of likely N-dealkylation sites (N-methyl/N-ethyl adjacent to an activating group) is 1. The number of aromatic nitrogens is 1.